The molecule has 1 aliphatic rings. The van der Waals surface area contributed by atoms with Crippen LogP contribution in [-0.2, 0) is 11.2 Å². The number of methoxy groups -OCH3 is 1. The van der Waals surface area contributed by atoms with Gasteiger partial charge in [0.15, 0.2) is 0 Å². The maximum Gasteiger partial charge on any atom is 0.0834 e. The van der Waals surface area contributed by atoms with Crippen LogP contribution in [0.3, 0.4) is 0 Å². The molecule has 1 fully saturated rings. The van der Waals surface area contributed by atoms with Crippen molar-refractivity contribution in [1.82, 2.24) is 0 Å². The van der Waals surface area contributed by atoms with Gasteiger partial charge in [-0.15, -0.1) is 0 Å². The highest BCUT2D eigenvalue weighted by Gasteiger charge is 2.40. The molecule has 20 heavy (non-hydrogen) atoms. The first-order valence-corrected chi connectivity index (χ1v) is 7.97. The van der Waals surface area contributed by atoms with Crippen LogP contribution in [0.1, 0.15) is 38.2 Å². The third kappa shape index (κ3) is 3.48. The number of ether oxygens (including phenoxy) is 1. The average Bonchev–Trinajstić information content (AvgIpc) is 2.42. The first-order chi connectivity index (χ1) is 9.47. The smallest absolute Gasteiger partial charge is 0.0834 e. The van der Waals surface area contributed by atoms with E-state index >= 15 is 0 Å². The summed E-state index contributed by atoms with van der Waals surface area (Å²) in [5.74, 6) is 0.657. The Morgan fingerprint density at radius 3 is 2.85 bits per heavy atom. The van der Waals surface area contributed by atoms with Crippen LogP contribution in [0, 0.1) is 5.92 Å². The summed E-state index contributed by atoms with van der Waals surface area (Å²) in [6.07, 6.45) is 5.16. The van der Waals surface area contributed by atoms with Crippen molar-refractivity contribution in [3.05, 3.63) is 33.8 Å². The molecular weight excluding hydrogens is 293 g/mol. The van der Waals surface area contributed by atoms with Crippen LogP contribution < -0.4 is 5.73 Å². The zero-order valence-corrected chi connectivity index (χ0v) is 13.7. The van der Waals surface area contributed by atoms with Gasteiger partial charge in [-0.1, -0.05) is 43.0 Å². The fourth-order valence-electron chi connectivity index (χ4n) is 3.34. The Balaban J connectivity index is 2.16. The molecule has 0 aromatic heterocycles. The second-order valence-corrected chi connectivity index (χ2v) is 6.86. The Kier molecular flexibility index (Phi) is 5.36. The van der Waals surface area contributed by atoms with Gasteiger partial charge in [-0.3, -0.25) is 0 Å². The summed E-state index contributed by atoms with van der Waals surface area (Å²) < 4.78 is 5.85. The maximum absolute atomic E-state index is 6.48. The van der Waals surface area contributed by atoms with Gasteiger partial charge >= 0.3 is 0 Å². The van der Waals surface area contributed by atoms with E-state index in [1.54, 1.807) is 13.2 Å². The highest BCUT2D eigenvalue weighted by atomic mass is 35.5. The summed E-state index contributed by atoms with van der Waals surface area (Å²) in [4.78, 5) is 0. The summed E-state index contributed by atoms with van der Waals surface area (Å²) in [5.41, 5.74) is 7.25. The zero-order valence-electron chi connectivity index (χ0n) is 12.2. The van der Waals surface area contributed by atoms with E-state index in [2.05, 4.69) is 6.92 Å². The Bertz CT molecular complexity index is 466. The van der Waals surface area contributed by atoms with Crippen molar-refractivity contribution in [2.45, 2.75) is 50.7 Å². The Morgan fingerprint density at radius 2 is 2.20 bits per heavy atom. The van der Waals surface area contributed by atoms with Crippen LogP contribution in [-0.4, -0.2) is 18.8 Å². The zero-order chi connectivity index (χ0) is 14.8. The average molecular weight is 316 g/mol. The van der Waals surface area contributed by atoms with Gasteiger partial charge in [-0.2, -0.15) is 0 Å². The van der Waals surface area contributed by atoms with E-state index in [1.807, 2.05) is 12.1 Å². The molecule has 0 saturated heterocycles. The lowest BCUT2D eigenvalue weighted by molar-refractivity contribution is -0.0705. The van der Waals surface area contributed by atoms with Crippen molar-refractivity contribution in [2.24, 2.45) is 11.7 Å². The molecule has 0 radical (unpaired) electrons. The molecule has 2 rings (SSSR count). The fourth-order valence-corrected chi connectivity index (χ4v) is 3.73. The summed E-state index contributed by atoms with van der Waals surface area (Å²) in [6, 6.07) is 5.47. The lowest BCUT2D eigenvalue weighted by Crippen LogP contribution is -2.53. The number of rotatable bonds is 4. The van der Waals surface area contributed by atoms with Gasteiger partial charge in [0.2, 0.25) is 0 Å². The number of nitrogens with two attached hydrogens (primary N) is 1. The first kappa shape index (κ1) is 16.1. The molecule has 1 aromatic rings. The van der Waals surface area contributed by atoms with Gasteiger partial charge in [-0.25, -0.2) is 0 Å². The largest absolute Gasteiger partial charge is 0.377 e. The standard InChI is InChI=1S/C16H23Cl2NO/c1-11-4-3-7-16(10-11,20-2)15(19)9-12-8-13(17)5-6-14(12)18/h5-6,8,11,15H,3-4,7,9-10,19H2,1-2H3. The molecule has 3 atom stereocenters. The van der Waals surface area contributed by atoms with Crippen LogP contribution in [0.5, 0.6) is 0 Å². The van der Waals surface area contributed by atoms with Crippen molar-refractivity contribution >= 4 is 23.2 Å². The van der Waals surface area contributed by atoms with E-state index < -0.39 is 0 Å². The SMILES string of the molecule is COC1(C(N)Cc2cc(Cl)ccc2Cl)CCCC(C)C1. The maximum atomic E-state index is 6.48. The second-order valence-electron chi connectivity index (χ2n) is 6.02. The molecule has 1 aromatic carbocycles. The number of hydrogen-bond donors (Lipinski definition) is 1. The van der Waals surface area contributed by atoms with Crippen molar-refractivity contribution in [2.75, 3.05) is 7.11 Å². The minimum Gasteiger partial charge on any atom is -0.377 e. The van der Waals surface area contributed by atoms with Gasteiger partial charge in [0.1, 0.15) is 0 Å². The Morgan fingerprint density at radius 1 is 1.45 bits per heavy atom. The summed E-state index contributed by atoms with van der Waals surface area (Å²) >= 11 is 12.3. The van der Waals surface area contributed by atoms with Gasteiger partial charge in [0, 0.05) is 23.2 Å². The molecule has 2 nitrogen and oxygen atoms in total. The van der Waals surface area contributed by atoms with Crippen molar-refractivity contribution in [1.29, 1.82) is 0 Å². The van der Waals surface area contributed by atoms with Crippen molar-refractivity contribution < 1.29 is 4.74 Å². The van der Waals surface area contributed by atoms with E-state index in [4.69, 9.17) is 33.7 Å². The first-order valence-electron chi connectivity index (χ1n) is 7.21. The van der Waals surface area contributed by atoms with Gasteiger partial charge < -0.3 is 10.5 Å². The third-order valence-corrected chi connectivity index (χ3v) is 5.12. The summed E-state index contributed by atoms with van der Waals surface area (Å²) in [6.45, 7) is 2.27. The predicted octanol–water partition coefficient (Wildman–Crippen LogP) is 4.46. The molecular formula is C16H23Cl2NO. The highest BCUT2D eigenvalue weighted by molar-refractivity contribution is 6.33. The normalized spacial score (nSPS) is 28.4. The highest BCUT2D eigenvalue weighted by Crippen LogP contribution is 2.38. The van der Waals surface area contributed by atoms with E-state index in [9.17, 15) is 0 Å². The molecule has 2 N–H and O–H groups in total. The van der Waals surface area contributed by atoms with E-state index in [0.29, 0.717) is 17.4 Å². The molecule has 0 spiro atoms. The Labute approximate surface area is 131 Å². The lowest BCUT2D eigenvalue weighted by Gasteiger charge is -2.43. The molecule has 0 heterocycles. The quantitative estimate of drug-likeness (QED) is 0.890. The van der Waals surface area contributed by atoms with Crippen LogP contribution >= 0.6 is 23.2 Å². The molecule has 112 valence electrons. The minimum atomic E-state index is -0.233. The van der Waals surface area contributed by atoms with Gasteiger partial charge in [0.25, 0.3) is 0 Å². The summed E-state index contributed by atoms with van der Waals surface area (Å²) in [7, 11) is 1.78. The van der Waals surface area contributed by atoms with E-state index in [0.717, 1.165) is 23.4 Å². The van der Waals surface area contributed by atoms with Crippen LogP contribution in [0.4, 0.5) is 0 Å². The Hall–Kier alpha value is -0.280. The van der Waals surface area contributed by atoms with Crippen LogP contribution in [0.2, 0.25) is 10.0 Å². The van der Waals surface area contributed by atoms with E-state index in [1.165, 1.54) is 12.8 Å². The fraction of sp³-hybridized carbons (Fsp3) is 0.625. The van der Waals surface area contributed by atoms with Crippen molar-refractivity contribution in [3.63, 3.8) is 0 Å². The van der Waals surface area contributed by atoms with Gasteiger partial charge in [-0.05, 0) is 48.9 Å². The predicted molar refractivity (Wildman–Crippen MR) is 85.5 cm³/mol. The molecule has 4 heteroatoms. The van der Waals surface area contributed by atoms with Crippen molar-refractivity contribution in [3.8, 4) is 0 Å². The molecule has 1 aliphatic carbocycles. The summed E-state index contributed by atoms with van der Waals surface area (Å²) in [5, 5.41) is 1.42. The van der Waals surface area contributed by atoms with Gasteiger partial charge in [0.05, 0.1) is 5.60 Å². The molecule has 0 bridgehead atoms. The molecule has 0 aliphatic heterocycles. The van der Waals surface area contributed by atoms with Crippen LogP contribution in [0.15, 0.2) is 18.2 Å². The van der Waals surface area contributed by atoms with Crippen LogP contribution in [0.25, 0.3) is 0 Å². The minimum absolute atomic E-state index is 0.0637. The topological polar surface area (TPSA) is 35.2 Å². The van der Waals surface area contributed by atoms with E-state index in [-0.39, 0.29) is 11.6 Å². The molecule has 1 saturated carbocycles. The number of hydrogen-bond acceptors (Lipinski definition) is 2. The monoisotopic (exact) mass is 315 g/mol. The second kappa shape index (κ2) is 6.65. The number of benzene rings is 1. The lowest BCUT2D eigenvalue weighted by atomic mass is 9.73. The number of halogens is 2. The third-order valence-electron chi connectivity index (χ3n) is 4.52. The molecule has 0 amide bonds. The molecule has 3 unspecified atom stereocenters.